The second-order valence-corrected chi connectivity index (χ2v) is 6.09. The van der Waals surface area contributed by atoms with E-state index in [1.165, 1.54) is 18.7 Å². The lowest BCUT2D eigenvalue weighted by Crippen LogP contribution is -2.14. The maximum atomic E-state index is 11.9. The van der Waals surface area contributed by atoms with Crippen LogP contribution in [0.5, 0.6) is 0 Å². The van der Waals surface area contributed by atoms with Crippen LogP contribution in [0, 0.1) is 13.8 Å². The minimum Gasteiger partial charge on any atom is -0.361 e. The van der Waals surface area contributed by atoms with Crippen molar-refractivity contribution in [1.29, 1.82) is 0 Å². The number of benzene rings is 1. The molecule has 1 heterocycles. The van der Waals surface area contributed by atoms with Crippen molar-refractivity contribution in [3.8, 4) is 0 Å². The fourth-order valence-corrected chi connectivity index (χ4v) is 2.97. The molecule has 1 aromatic heterocycles. The summed E-state index contributed by atoms with van der Waals surface area (Å²) in [5, 5.41) is 9.39. The molecule has 0 saturated heterocycles. The second kappa shape index (κ2) is 7.82. The summed E-state index contributed by atoms with van der Waals surface area (Å²) in [7, 11) is 0. The lowest BCUT2D eigenvalue weighted by atomic mass is 10.2. The molecule has 0 aliphatic carbocycles. The molecule has 23 heavy (non-hydrogen) atoms. The molecule has 2 rings (SSSR count). The molecule has 0 spiro atoms. The number of aromatic nitrogens is 1. The Kier molecular flexibility index (Phi) is 5.81. The monoisotopic (exact) mass is 333 g/mol. The average molecular weight is 333 g/mol. The van der Waals surface area contributed by atoms with E-state index in [2.05, 4.69) is 15.8 Å². The van der Waals surface area contributed by atoms with Crippen molar-refractivity contribution >= 4 is 35.0 Å². The van der Waals surface area contributed by atoms with Gasteiger partial charge in [0.15, 0.2) is 0 Å². The molecule has 0 fully saturated rings. The minimum absolute atomic E-state index is 0.0750. The molecular weight excluding hydrogens is 314 g/mol. The predicted molar refractivity (Wildman–Crippen MR) is 91.5 cm³/mol. The lowest BCUT2D eigenvalue weighted by molar-refractivity contribution is -0.114. The standard InChI is InChI=1S/C16H19N3O3S/c1-10-15(11(2)22-19-10)8-23-9-16(21)18-14-6-4-13(5-7-14)17-12(3)20/h4-7H,8-9H2,1-3H3,(H,17,20)(H,18,21). The smallest absolute Gasteiger partial charge is 0.234 e. The van der Waals surface area contributed by atoms with Gasteiger partial charge in [0.1, 0.15) is 5.76 Å². The van der Waals surface area contributed by atoms with Crippen molar-refractivity contribution in [3.05, 3.63) is 41.3 Å². The summed E-state index contributed by atoms with van der Waals surface area (Å²) in [6.07, 6.45) is 0. The maximum absolute atomic E-state index is 11.9. The van der Waals surface area contributed by atoms with E-state index in [0.29, 0.717) is 22.9 Å². The van der Waals surface area contributed by atoms with E-state index in [9.17, 15) is 9.59 Å². The molecular formula is C16H19N3O3S. The van der Waals surface area contributed by atoms with Crippen LogP contribution in [-0.2, 0) is 15.3 Å². The summed E-state index contributed by atoms with van der Waals surface area (Å²) >= 11 is 1.51. The summed E-state index contributed by atoms with van der Waals surface area (Å²) in [5.41, 5.74) is 3.30. The molecule has 0 saturated carbocycles. The zero-order valence-electron chi connectivity index (χ0n) is 13.3. The zero-order valence-corrected chi connectivity index (χ0v) is 14.1. The average Bonchev–Trinajstić information content (AvgIpc) is 2.80. The molecule has 0 atom stereocenters. The highest BCUT2D eigenvalue weighted by molar-refractivity contribution is 7.99. The number of amides is 2. The first kappa shape index (κ1) is 17.1. The fourth-order valence-electron chi connectivity index (χ4n) is 1.99. The van der Waals surface area contributed by atoms with Crippen LogP contribution in [0.4, 0.5) is 11.4 Å². The van der Waals surface area contributed by atoms with Gasteiger partial charge in [-0.15, -0.1) is 11.8 Å². The quantitative estimate of drug-likeness (QED) is 0.848. The summed E-state index contributed by atoms with van der Waals surface area (Å²) < 4.78 is 5.09. The van der Waals surface area contributed by atoms with E-state index in [1.807, 2.05) is 13.8 Å². The van der Waals surface area contributed by atoms with Crippen LogP contribution >= 0.6 is 11.8 Å². The van der Waals surface area contributed by atoms with E-state index in [0.717, 1.165) is 17.0 Å². The molecule has 122 valence electrons. The number of thioether (sulfide) groups is 1. The Balaban J connectivity index is 1.79. The molecule has 0 unspecified atom stereocenters. The third-order valence-corrected chi connectivity index (χ3v) is 4.11. The maximum Gasteiger partial charge on any atom is 0.234 e. The van der Waals surface area contributed by atoms with Crippen LogP contribution in [-0.4, -0.2) is 22.7 Å². The van der Waals surface area contributed by atoms with E-state index >= 15 is 0 Å². The van der Waals surface area contributed by atoms with Gasteiger partial charge >= 0.3 is 0 Å². The number of aryl methyl sites for hydroxylation is 2. The Hall–Kier alpha value is -2.28. The largest absolute Gasteiger partial charge is 0.361 e. The Labute approximate surface area is 139 Å². The van der Waals surface area contributed by atoms with Crippen molar-refractivity contribution in [2.45, 2.75) is 26.5 Å². The van der Waals surface area contributed by atoms with E-state index in [1.54, 1.807) is 24.3 Å². The molecule has 2 N–H and O–H groups in total. The third kappa shape index (κ3) is 5.14. The number of hydrogen-bond donors (Lipinski definition) is 2. The Morgan fingerprint density at radius 1 is 1.13 bits per heavy atom. The Bertz CT molecular complexity index is 676. The van der Waals surface area contributed by atoms with Gasteiger partial charge in [0.2, 0.25) is 11.8 Å². The topological polar surface area (TPSA) is 84.2 Å². The molecule has 0 bridgehead atoms. The highest BCUT2D eigenvalue weighted by Gasteiger charge is 2.10. The van der Waals surface area contributed by atoms with Crippen molar-refractivity contribution < 1.29 is 14.1 Å². The number of rotatable bonds is 6. The van der Waals surface area contributed by atoms with Gasteiger partial charge in [-0.05, 0) is 38.1 Å². The fraction of sp³-hybridized carbons (Fsp3) is 0.312. The summed E-state index contributed by atoms with van der Waals surface area (Å²) in [6, 6.07) is 6.99. The van der Waals surface area contributed by atoms with Gasteiger partial charge in [0.05, 0.1) is 11.4 Å². The lowest BCUT2D eigenvalue weighted by Gasteiger charge is -2.07. The number of nitrogens with one attached hydrogen (secondary N) is 2. The van der Waals surface area contributed by atoms with E-state index in [4.69, 9.17) is 4.52 Å². The predicted octanol–water partition coefficient (Wildman–Crippen LogP) is 3.12. The Morgan fingerprint density at radius 2 is 1.74 bits per heavy atom. The summed E-state index contributed by atoms with van der Waals surface area (Å²) in [4.78, 5) is 22.9. The molecule has 7 heteroatoms. The van der Waals surface area contributed by atoms with Crippen molar-refractivity contribution in [1.82, 2.24) is 5.16 Å². The van der Waals surface area contributed by atoms with Crippen LogP contribution in [0.3, 0.4) is 0 Å². The molecule has 0 aliphatic rings. The number of anilines is 2. The molecule has 6 nitrogen and oxygen atoms in total. The van der Waals surface area contributed by atoms with Crippen LogP contribution in [0.1, 0.15) is 23.9 Å². The first-order chi connectivity index (χ1) is 11.0. The first-order valence-electron chi connectivity index (χ1n) is 7.12. The first-order valence-corrected chi connectivity index (χ1v) is 8.28. The van der Waals surface area contributed by atoms with Crippen LogP contribution < -0.4 is 10.6 Å². The highest BCUT2D eigenvalue weighted by Crippen LogP contribution is 2.20. The van der Waals surface area contributed by atoms with Gasteiger partial charge in [-0.25, -0.2) is 0 Å². The number of hydrogen-bond acceptors (Lipinski definition) is 5. The molecule has 0 aliphatic heterocycles. The zero-order chi connectivity index (χ0) is 16.8. The van der Waals surface area contributed by atoms with Gasteiger partial charge in [-0.3, -0.25) is 9.59 Å². The van der Waals surface area contributed by atoms with Gasteiger partial charge in [0, 0.05) is 29.6 Å². The second-order valence-electron chi connectivity index (χ2n) is 5.10. The van der Waals surface area contributed by atoms with Gasteiger partial charge in [-0.1, -0.05) is 5.16 Å². The third-order valence-electron chi connectivity index (χ3n) is 3.15. The minimum atomic E-state index is -0.127. The highest BCUT2D eigenvalue weighted by atomic mass is 32.2. The van der Waals surface area contributed by atoms with Gasteiger partial charge < -0.3 is 15.2 Å². The molecule has 2 aromatic rings. The molecule has 1 aromatic carbocycles. The number of carbonyl (C=O) groups is 2. The summed E-state index contributed by atoms with van der Waals surface area (Å²) in [5.74, 6) is 1.63. The van der Waals surface area contributed by atoms with Gasteiger partial charge in [-0.2, -0.15) is 0 Å². The van der Waals surface area contributed by atoms with Crippen LogP contribution in [0.25, 0.3) is 0 Å². The van der Waals surface area contributed by atoms with Crippen molar-refractivity contribution in [3.63, 3.8) is 0 Å². The summed E-state index contributed by atoms with van der Waals surface area (Å²) in [6.45, 7) is 5.21. The molecule has 0 radical (unpaired) electrons. The van der Waals surface area contributed by atoms with Crippen molar-refractivity contribution in [2.75, 3.05) is 16.4 Å². The Morgan fingerprint density at radius 3 is 2.26 bits per heavy atom. The SMILES string of the molecule is CC(=O)Nc1ccc(NC(=O)CSCc2c(C)noc2C)cc1. The number of nitrogens with zero attached hydrogens (tertiary/aromatic N) is 1. The van der Waals surface area contributed by atoms with E-state index < -0.39 is 0 Å². The van der Waals surface area contributed by atoms with Gasteiger partial charge in [0.25, 0.3) is 0 Å². The van der Waals surface area contributed by atoms with Crippen LogP contribution in [0.2, 0.25) is 0 Å². The number of carbonyl (C=O) groups excluding carboxylic acids is 2. The van der Waals surface area contributed by atoms with Crippen molar-refractivity contribution in [2.24, 2.45) is 0 Å². The van der Waals surface area contributed by atoms with Crippen LogP contribution in [0.15, 0.2) is 28.8 Å². The normalized spacial score (nSPS) is 10.4. The molecule has 2 amide bonds. The van der Waals surface area contributed by atoms with E-state index in [-0.39, 0.29) is 11.8 Å².